The third-order valence-electron chi connectivity index (χ3n) is 5.63. The molecule has 2 fully saturated rings. The number of amides is 1. The zero-order valence-corrected chi connectivity index (χ0v) is 18.6. The Morgan fingerprint density at radius 1 is 1.15 bits per heavy atom. The molecule has 3 N–H and O–H groups in total. The van der Waals surface area contributed by atoms with Crippen molar-refractivity contribution in [2.24, 2.45) is 5.73 Å². The van der Waals surface area contributed by atoms with Gasteiger partial charge in [0, 0.05) is 35.7 Å². The van der Waals surface area contributed by atoms with Crippen molar-refractivity contribution in [2.45, 2.75) is 18.5 Å². The van der Waals surface area contributed by atoms with Crippen LogP contribution in [0, 0.1) is 0 Å². The van der Waals surface area contributed by atoms with Crippen molar-refractivity contribution in [1.29, 1.82) is 0 Å². The molecule has 172 valence electrons. The number of nitrogens with one attached hydrogen (secondary N) is 1. The normalized spacial score (nSPS) is 21.3. The van der Waals surface area contributed by atoms with Crippen molar-refractivity contribution in [3.63, 3.8) is 0 Å². The Labute approximate surface area is 195 Å². The number of halogens is 1. The average Bonchev–Trinajstić information content (AvgIpc) is 3.32. The van der Waals surface area contributed by atoms with E-state index in [0.29, 0.717) is 43.0 Å². The van der Waals surface area contributed by atoms with Crippen LogP contribution in [0.15, 0.2) is 42.9 Å². The van der Waals surface area contributed by atoms with Gasteiger partial charge in [0.15, 0.2) is 0 Å². The van der Waals surface area contributed by atoms with E-state index in [1.807, 2.05) is 35.1 Å². The molecule has 11 heteroatoms. The predicted molar refractivity (Wildman–Crippen MR) is 124 cm³/mol. The molecule has 2 aliphatic heterocycles. The summed E-state index contributed by atoms with van der Waals surface area (Å²) in [6, 6.07) is 7.59. The lowest BCUT2D eigenvalue weighted by Gasteiger charge is -2.27. The molecule has 5 rings (SSSR count). The van der Waals surface area contributed by atoms with E-state index in [4.69, 9.17) is 26.8 Å². The van der Waals surface area contributed by atoms with E-state index in [-0.39, 0.29) is 24.6 Å². The van der Waals surface area contributed by atoms with Gasteiger partial charge in [0.05, 0.1) is 49.0 Å². The lowest BCUT2D eigenvalue weighted by molar-refractivity contribution is -0.125. The summed E-state index contributed by atoms with van der Waals surface area (Å²) in [7, 11) is 0. The Balaban J connectivity index is 1.31. The van der Waals surface area contributed by atoms with Gasteiger partial charge in [-0.2, -0.15) is 5.10 Å². The Morgan fingerprint density at radius 2 is 2.00 bits per heavy atom. The van der Waals surface area contributed by atoms with Crippen molar-refractivity contribution >= 4 is 34.8 Å². The monoisotopic (exact) mass is 469 g/mol. The Hall–Kier alpha value is -3.05. The lowest BCUT2D eigenvalue weighted by atomic mass is 10.1. The van der Waals surface area contributed by atoms with Crippen LogP contribution in [0.3, 0.4) is 0 Å². The Bertz CT molecular complexity index is 1140. The zero-order valence-electron chi connectivity index (χ0n) is 17.9. The quantitative estimate of drug-likeness (QED) is 0.584. The summed E-state index contributed by atoms with van der Waals surface area (Å²) >= 11 is 6.39. The molecular weight excluding hydrogens is 446 g/mol. The van der Waals surface area contributed by atoms with Gasteiger partial charge < -0.3 is 25.4 Å². The molecule has 0 aliphatic carbocycles. The van der Waals surface area contributed by atoms with E-state index in [9.17, 15) is 4.79 Å². The largest absolute Gasteiger partial charge is 0.378 e. The zero-order chi connectivity index (χ0) is 22.8. The maximum atomic E-state index is 12.0. The molecule has 3 aromatic rings. The van der Waals surface area contributed by atoms with Crippen LogP contribution in [0.4, 0.5) is 17.3 Å². The van der Waals surface area contributed by atoms with Gasteiger partial charge in [-0.3, -0.25) is 9.48 Å². The lowest BCUT2D eigenvalue weighted by Crippen LogP contribution is -2.41. The predicted octanol–water partition coefficient (Wildman–Crippen LogP) is 2.39. The van der Waals surface area contributed by atoms with Crippen molar-refractivity contribution in [3.8, 4) is 11.3 Å². The summed E-state index contributed by atoms with van der Waals surface area (Å²) in [6.45, 7) is 2.33. The molecule has 0 spiro atoms. The highest BCUT2D eigenvalue weighted by atomic mass is 35.5. The third-order valence-corrected chi connectivity index (χ3v) is 5.91. The topological polar surface area (TPSA) is 120 Å². The fraction of sp³-hybridized carbons (Fsp3) is 0.364. The minimum absolute atomic E-state index is 0.00240. The second-order valence-corrected chi connectivity index (χ2v) is 8.46. The molecule has 0 unspecified atom stereocenters. The molecule has 0 bridgehead atoms. The fourth-order valence-electron chi connectivity index (χ4n) is 3.96. The molecule has 0 saturated carbocycles. The molecular formula is C22H24ClN7O3. The number of benzene rings is 1. The number of hydrogen-bond acceptors (Lipinski definition) is 8. The molecule has 1 amide bonds. The van der Waals surface area contributed by atoms with E-state index in [0.717, 1.165) is 23.4 Å². The van der Waals surface area contributed by atoms with Gasteiger partial charge >= 0.3 is 0 Å². The van der Waals surface area contributed by atoms with Crippen LogP contribution < -0.4 is 16.0 Å². The van der Waals surface area contributed by atoms with Crippen molar-refractivity contribution < 1.29 is 14.3 Å². The molecule has 33 heavy (non-hydrogen) atoms. The summed E-state index contributed by atoms with van der Waals surface area (Å²) in [5.74, 6) is 0.357. The maximum Gasteiger partial charge on any atom is 0.253 e. The van der Waals surface area contributed by atoms with Gasteiger partial charge in [0.1, 0.15) is 6.61 Å². The number of aromatic nitrogens is 4. The minimum atomic E-state index is -0.0463. The highest BCUT2D eigenvalue weighted by Gasteiger charge is 2.23. The second kappa shape index (κ2) is 9.44. The number of anilines is 3. The minimum Gasteiger partial charge on any atom is -0.378 e. The van der Waals surface area contributed by atoms with Crippen LogP contribution in [-0.4, -0.2) is 64.7 Å². The molecule has 2 aromatic heterocycles. The van der Waals surface area contributed by atoms with E-state index >= 15 is 0 Å². The van der Waals surface area contributed by atoms with Crippen molar-refractivity contribution in [3.05, 3.63) is 47.9 Å². The van der Waals surface area contributed by atoms with E-state index in [1.54, 1.807) is 17.3 Å². The van der Waals surface area contributed by atoms with Crippen LogP contribution in [0.25, 0.3) is 11.3 Å². The molecule has 2 atom stereocenters. The first-order chi connectivity index (χ1) is 16.1. The SMILES string of the molecule is N[C@@H]1COC[C@H](n2cc(-c3nc(Nc4ccc(N5CCOCC5=O)cc4)ncc3Cl)cn2)C1. The summed E-state index contributed by atoms with van der Waals surface area (Å²) in [5.41, 5.74) is 8.99. The molecule has 0 radical (unpaired) electrons. The first-order valence-electron chi connectivity index (χ1n) is 10.7. The number of carbonyl (C=O) groups is 1. The number of morpholine rings is 1. The maximum absolute atomic E-state index is 12.0. The van der Waals surface area contributed by atoms with Gasteiger partial charge in [-0.25, -0.2) is 9.97 Å². The molecule has 2 saturated heterocycles. The van der Waals surface area contributed by atoms with Gasteiger partial charge in [-0.15, -0.1) is 0 Å². The molecule has 1 aromatic carbocycles. The summed E-state index contributed by atoms with van der Waals surface area (Å²) < 4.78 is 12.6. The van der Waals surface area contributed by atoms with Crippen molar-refractivity contribution in [2.75, 3.05) is 43.2 Å². The molecule has 2 aliphatic rings. The highest BCUT2D eigenvalue weighted by molar-refractivity contribution is 6.32. The van der Waals surface area contributed by atoms with Gasteiger partial charge in [0.2, 0.25) is 5.95 Å². The van der Waals surface area contributed by atoms with Crippen LogP contribution in [-0.2, 0) is 14.3 Å². The highest BCUT2D eigenvalue weighted by Crippen LogP contribution is 2.29. The number of nitrogens with zero attached hydrogens (tertiary/aromatic N) is 5. The van der Waals surface area contributed by atoms with Gasteiger partial charge in [-0.05, 0) is 30.7 Å². The van der Waals surface area contributed by atoms with E-state index in [2.05, 4.69) is 20.4 Å². The standard InChI is InChI=1S/C22H24ClN7O3/c23-19-9-25-22(27-16-1-3-17(4-2-16)29-5-6-32-13-20(29)31)28-21(19)14-8-26-30(10-14)18-7-15(24)11-33-12-18/h1-4,8-10,15,18H,5-7,11-13,24H2,(H,25,27,28)/t15-,18+/m0/s1. The number of rotatable bonds is 5. The smallest absolute Gasteiger partial charge is 0.253 e. The first kappa shape index (κ1) is 21.8. The van der Waals surface area contributed by atoms with Crippen LogP contribution in [0.2, 0.25) is 5.02 Å². The molecule has 10 nitrogen and oxygen atoms in total. The average molecular weight is 470 g/mol. The van der Waals surface area contributed by atoms with Crippen LogP contribution in [0.5, 0.6) is 0 Å². The number of carbonyl (C=O) groups excluding carboxylic acids is 1. The van der Waals surface area contributed by atoms with Crippen molar-refractivity contribution in [1.82, 2.24) is 19.7 Å². The number of nitrogens with two attached hydrogens (primary N) is 1. The third kappa shape index (κ3) is 4.83. The van der Waals surface area contributed by atoms with E-state index < -0.39 is 0 Å². The van der Waals surface area contributed by atoms with E-state index in [1.165, 1.54) is 0 Å². The van der Waals surface area contributed by atoms with Crippen LogP contribution in [0.1, 0.15) is 12.5 Å². The fourth-order valence-corrected chi connectivity index (χ4v) is 4.16. The molecule has 4 heterocycles. The van der Waals surface area contributed by atoms with Gasteiger partial charge in [-0.1, -0.05) is 11.6 Å². The summed E-state index contributed by atoms with van der Waals surface area (Å²) in [4.78, 5) is 22.6. The number of ether oxygens (including phenoxy) is 2. The Kier molecular flexibility index (Phi) is 6.23. The van der Waals surface area contributed by atoms with Crippen LogP contribution >= 0.6 is 11.6 Å². The van der Waals surface area contributed by atoms with Gasteiger partial charge in [0.25, 0.3) is 5.91 Å². The first-order valence-corrected chi connectivity index (χ1v) is 11.1. The number of hydrogen-bond donors (Lipinski definition) is 2. The summed E-state index contributed by atoms with van der Waals surface area (Å²) in [5, 5.41) is 8.08. The summed E-state index contributed by atoms with van der Waals surface area (Å²) in [6.07, 6.45) is 5.99. The Morgan fingerprint density at radius 3 is 2.79 bits per heavy atom. The second-order valence-electron chi connectivity index (χ2n) is 8.06.